The minimum absolute atomic E-state index is 0.326. The van der Waals surface area contributed by atoms with Crippen LogP contribution in [0.3, 0.4) is 0 Å². The topological polar surface area (TPSA) is 38.7 Å². The normalized spacial score (nSPS) is 16.9. The molecule has 1 unspecified atom stereocenters. The summed E-state index contributed by atoms with van der Waals surface area (Å²) in [5, 5.41) is 10.8. The molecule has 0 radical (unpaired) electrons. The summed E-state index contributed by atoms with van der Waals surface area (Å²) in [5.74, 6) is 0.992. The van der Waals surface area contributed by atoms with Gasteiger partial charge in [-0.2, -0.15) is 0 Å². The van der Waals surface area contributed by atoms with Crippen LogP contribution < -0.4 is 9.47 Å². The van der Waals surface area contributed by atoms with Gasteiger partial charge in [0.15, 0.2) is 11.5 Å². The molecule has 0 aromatic heterocycles. The van der Waals surface area contributed by atoms with Crippen LogP contribution in [0.5, 0.6) is 11.5 Å². The molecule has 0 spiro atoms. The average Bonchev–Trinajstić information content (AvgIpc) is 2.72. The summed E-state index contributed by atoms with van der Waals surface area (Å²) in [7, 11) is 0. The fourth-order valence-corrected chi connectivity index (χ4v) is 2.41. The van der Waals surface area contributed by atoms with E-state index in [1.807, 2.05) is 0 Å². The molecule has 4 heteroatoms. The van der Waals surface area contributed by atoms with Crippen LogP contribution in [0.2, 0.25) is 0 Å². The minimum Gasteiger partial charge on any atom is -0.490 e. The van der Waals surface area contributed by atoms with E-state index in [-0.39, 0.29) is 5.82 Å². The van der Waals surface area contributed by atoms with Crippen molar-refractivity contribution in [1.82, 2.24) is 0 Å². The van der Waals surface area contributed by atoms with Crippen molar-refractivity contribution < 1.29 is 19.0 Å². The number of aliphatic hydroxyl groups is 1. The maximum Gasteiger partial charge on any atom is 0.161 e. The van der Waals surface area contributed by atoms with E-state index in [0.717, 1.165) is 6.42 Å². The van der Waals surface area contributed by atoms with Crippen molar-refractivity contribution in [3.8, 4) is 11.5 Å². The molecule has 3 nitrogen and oxygen atoms in total. The Hall–Kier alpha value is -2.07. The first-order valence-corrected chi connectivity index (χ1v) is 6.96. The second-order valence-corrected chi connectivity index (χ2v) is 5.29. The van der Waals surface area contributed by atoms with E-state index in [9.17, 15) is 9.50 Å². The lowest BCUT2D eigenvalue weighted by Crippen LogP contribution is -2.22. The highest BCUT2D eigenvalue weighted by molar-refractivity contribution is 5.47. The number of benzene rings is 2. The highest BCUT2D eigenvalue weighted by Gasteiger charge is 2.27. The lowest BCUT2D eigenvalue weighted by atomic mass is 9.88. The van der Waals surface area contributed by atoms with Gasteiger partial charge in [-0.25, -0.2) is 4.39 Å². The summed E-state index contributed by atoms with van der Waals surface area (Å²) in [6, 6.07) is 11.2. The van der Waals surface area contributed by atoms with E-state index in [2.05, 4.69) is 0 Å². The largest absolute Gasteiger partial charge is 0.490 e. The average molecular weight is 288 g/mol. The van der Waals surface area contributed by atoms with Crippen LogP contribution in [0.4, 0.5) is 4.39 Å². The second kappa shape index (κ2) is 5.37. The molecule has 0 aliphatic carbocycles. The SMILES string of the molecule is CC(O)(c1ccc(F)cc1)c1ccc2c(c1)OCCCO2. The van der Waals surface area contributed by atoms with Crippen molar-refractivity contribution >= 4 is 0 Å². The van der Waals surface area contributed by atoms with Crippen LogP contribution in [0.15, 0.2) is 42.5 Å². The van der Waals surface area contributed by atoms with Crippen molar-refractivity contribution in [2.45, 2.75) is 18.9 Å². The molecule has 3 rings (SSSR count). The lowest BCUT2D eigenvalue weighted by Gasteiger charge is -2.25. The molecule has 1 aliphatic heterocycles. The Labute approximate surface area is 122 Å². The van der Waals surface area contributed by atoms with Gasteiger partial charge in [-0.3, -0.25) is 0 Å². The quantitative estimate of drug-likeness (QED) is 0.922. The number of hydrogen-bond donors (Lipinski definition) is 1. The van der Waals surface area contributed by atoms with Gasteiger partial charge in [0.25, 0.3) is 0 Å². The summed E-state index contributed by atoms with van der Waals surface area (Å²) in [5.41, 5.74) is 0.0787. The second-order valence-electron chi connectivity index (χ2n) is 5.29. The maximum atomic E-state index is 13.0. The van der Waals surface area contributed by atoms with E-state index in [1.54, 1.807) is 37.3 Å². The van der Waals surface area contributed by atoms with Crippen LogP contribution in [0.25, 0.3) is 0 Å². The van der Waals surface area contributed by atoms with Gasteiger partial charge in [-0.1, -0.05) is 18.2 Å². The van der Waals surface area contributed by atoms with E-state index in [0.29, 0.717) is 35.8 Å². The van der Waals surface area contributed by atoms with Crippen molar-refractivity contribution in [2.75, 3.05) is 13.2 Å². The molecule has 0 saturated carbocycles. The smallest absolute Gasteiger partial charge is 0.161 e. The molecule has 1 aliphatic rings. The lowest BCUT2D eigenvalue weighted by molar-refractivity contribution is 0.102. The predicted molar refractivity (Wildman–Crippen MR) is 77.1 cm³/mol. The summed E-state index contributed by atoms with van der Waals surface area (Å²) < 4.78 is 24.3. The minimum atomic E-state index is -1.22. The summed E-state index contributed by atoms with van der Waals surface area (Å²) in [6.45, 7) is 2.90. The van der Waals surface area contributed by atoms with Crippen molar-refractivity contribution in [3.63, 3.8) is 0 Å². The molecular formula is C17H17FO3. The van der Waals surface area contributed by atoms with E-state index in [1.165, 1.54) is 12.1 Å². The van der Waals surface area contributed by atoms with Gasteiger partial charge in [0.2, 0.25) is 0 Å². The monoisotopic (exact) mass is 288 g/mol. The van der Waals surface area contributed by atoms with Crippen LogP contribution in [0.1, 0.15) is 24.5 Å². The van der Waals surface area contributed by atoms with Gasteiger partial charge in [-0.05, 0) is 42.3 Å². The number of hydrogen-bond acceptors (Lipinski definition) is 3. The standard InChI is InChI=1S/C17H17FO3/c1-17(19,12-3-6-14(18)7-4-12)13-5-8-15-16(11-13)21-10-2-9-20-15/h3-8,11,19H,2,9-10H2,1H3. The Kier molecular flexibility index (Phi) is 3.55. The fraction of sp³-hybridized carbons (Fsp3) is 0.294. The van der Waals surface area contributed by atoms with Gasteiger partial charge in [0.1, 0.15) is 11.4 Å². The highest BCUT2D eigenvalue weighted by atomic mass is 19.1. The molecule has 2 aromatic rings. The summed E-state index contributed by atoms with van der Waals surface area (Å²) in [4.78, 5) is 0. The Morgan fingerprint density at radius 3 is 2.29 bits per heavy atom. The highest BCUT2D eigenvalue weighted by Crippen LogP contribution is 2.36. The summed E-state index contributed by atoms with van der Waals surface area (Å²) in [6.07, 6.45) is 0.832. The predicted octanol–water partition coefficient (Wildman–Crippen LogP) is 3.24. The third kappa shape index (κ3) is 2.72. The maximum absolute atomic E-state index is 13.0. The van der Waals surface area contributed by atoms with Gasteiger partial charge in [0.05, 0.1) is 13.2 Å². The molecule has 1 atom stereocenters. The first kappa shape index (κ1) is 13.9. The fourth-order valence-electron chi connectivity index (χ4n) is 2.41. The molecule has 0 fully saturated rings. The van der Waals surface area contributed by atoms with E-state index >= 15 is 0 Å². The first-order valence-electron chi connectivity index (χ1n) is 6.96. The molecule has 110 valence electrons. The number of fused-ring (bicyclic) bond motifs is 1. The summed E-state index contributed by atoms with van der Waals surface area (Å²) >= 11 is 0. The van der Waals surface area contributed by atoms with Gasteiger partial charge >= 0.3 is 0 Å². The van der Waals surface area contributed by atoms with E-state index in [4.69, 9.17) is 9.47 Å². The van der Waals surface area contributed by atoms with Crippen LogP contribution >= 0.6 is 0 Å². The molecule has 0 saturated heterocycles. The molecule has 0 bridgehead atoms. The Morgan fingerprint density at radius 1 is 0.952 bits per heavy atom. The number of rotatable bonds is 2. The zero-order chi connectivity index (χ0) is 14.9. The van der Waals surface area contributed by atoms with Crippen molar-refractivity contribution in [3.05, 3.63) is 59.4 Å². The van der Waals surface area contributed by atoms with Crippen LogP contribution in [-0.2, 0) is 5.60 Å². The van der Waals surface area contributed by atoms with E-state index < -0.39 is 5.60 Å². The molecule has 2 aromatic carbocycles. The van der Waals surface area contributed by atoms with Crippen LogP contribution in [-0.4, -0.2) is 18.3 Å². The van der Waals surface area contributed by atoms with Gasteiger partial charge < -0.3 is 14.6 Å². The zero-order valence-electron chi connectivity index (χ0n) is 11.8. The van der Waals surface area contributed by atoms with Crippen LogP contribution in [0, 0.1) is 5.82 Å². The third-order valence-corrected chi connectivity index (χ3v) is 3.72. The number of halogens is 1. The third-order valence-electron chi connectivity index (χ3n) is 3.72. The molecular weight excluding hydrogens is 271 g/mol. The molecule has 21 heavy (non-hydrogen) atoms. The van der Waals surface area contributed by atoms with Gasteiger partial charge in [-0.15, -0.1) is 0 Å². The molecule has 1 N–H and O–H groups in total. The molecule has 1 heterocycles. The number of ether oxygens (including phenoxy) is 2. The molecule has 0 amide bonds. The zero-order valence-corrected chi connectivity index (χ0v) is 11.8. The van der Waals surface area contributed by atoms with Gasteiger partial charge in [0, 0.05) is 6.42 Å². The first-order chi connectivity index (χ1) is 10.1. The Morgan fingerprint density at radius 2 is 1.57 bits per heavy atom. The van der Waals surface area contributed by atoms with Crippen molar-refractivity contribution in [2.24, 2.45) is 0 Å². The Bertz CT molecular complexity index is 635. The van der Waals surface area contributed by atoms with Crippen molar-refractivity contribution in [1.29, 1.82) is 0 Å². The Balaban J connectivity index is 1.98.